The number of hydrogen-bond acceptors (Lipinski definition) is 3. The summed E-state index contributed by atoms with van der Waals surface area (Å²) < 4.78 is 0. The first-order chi connectivity index (χ1) is 7.66. The molecule has 1 saturated heterocycles. The Morgan fingerprint density at radius 3 is 3.12 bits per heavy atom. The van der Waals surface area contributed by atoms with Crippen LogP contribution in [0.1, 0.15) is 24.1 Å². The molecule has 1 aromatic rings. The first kappa shape index (κ1) is 9.39. The molecule has 2 aliphatic rings. The molecule has 1 unspecified atom stereocenters. The lowest BCUT2D eigenvalue weighted by Crippen LogP contribution is -2.35. The molecule has 4 nitrogen and oxygen atoms in total. The summed E-state index contributed by atoms with van der Waals surface area (Å²) in [5.41, 5.74) is 3.43. The number of aliphatic imine (C=N–C) groups is 1. The molecule has 3 rings (SSSR count). The van der Waals surface area contributed by atoms with Crippen LogP contribution < -0.4 is 5.32 Å². The van der Waals surface area contributed by atoms with E-state index in [9.17, 15) is 4.79 Å². The molecule has 82 valence electrons. The van der Waals surface area contributed by atoms with Crippen LogP contribution in [0.3, 0.4) is 0 Å². The Labute approximate surface area is 94.0 Å². The van der Waals surface area contributed by atoms with Gasteiger partial charge in [-0.15, -0.1) is 0 Å². The third-order valence-corrected chi connectivity index (χ3v) is 3.25. The van der Waals surface area contributed by atoms with Crippen LogP contribution in [-0.4, -0.2) is 23.3 Å². The molecule has 2 heterocycles. The summed E-state index contributed by atoms with van der Waals surface area (Å²) in [5, 5.41) is 2.78. The Bertz CT molecular complexity index is 507. The van der Waals surface area contributed by atoms with Crippen molar-refractivity contribution in [3.05, 3.63) is 29.3 Å². The SMILES string of the molecule is Cc1cccc2c1C(C)N1CC(=O)NC1=N2. The second-order valence-electron chi connectivity index (χ2n) is 4.30. The van der Waals surface area contributed by atoms with Crippen molar-refractivity contribution >= 4 is 17.6 Å². The number of amides is 1. The van der Waals surface area contributed by atoms with Gasteiger partial charge in [-0.3, -0.25) is 10.1 Å². The highest BCUT2D eigenvalue weighted by molar-refractivity contribution is 6.06. The molecule has 0 aliphatic carbocycles. The number of hydrogen-bond donors (Lipinski definition) is 1. The van der Waals surface area contributed by atoms with Crippen LogP contribution in [0.2, 0.25) is 0 Å². The molecular weight excluding hydrogens is 202 g/mol. The summed E-state index contributed by atoms with van der Waals surface area (Å²) in [4.78, 5) is 17.8. The maximum atomic E-state index is 11.4. The fraction of sp³-hybridized carbons (Fsp3) is 0.333. The molecule has 0 saturated carbocycles. The minimum Gasteiger partial charge on any atom is -0.326 e. The van der Waals surface area contributed by atoms with E-state index in [0.717, 1.165) is 5.69 Å². The fourth-order valence-electron chi connectivity index (χ4n) is 2.45. The molecule has 0 aromatic heterocycles. The van der Waals surface area contributed by atoms with E-state index >= 15 is 0 Å². The molecule has 1 fully saturated rings. The second-order valence-corrected chi connectivity index (χ2v) is 4.30. The van der Waals surface area contributed by atoms with Gasteiger partial charge in [-0.25, -0.2) is 4.99 Å². The van der Waals surface area contributed by atoms with Crippen LogP contribution in [0.25, 0.3) is 0 Å². The summed E-state index contributed by atoms with van der Waals surface area (Å²) in [5.74, 6) is 0.714. The van der Waals surface area contributed by atoms with Crippen LogP contribution >= 0.6 is 0 Å². The van der Waals surface area contributed by atoms with E-state index in [0.29, 0.717) is 12.5 Å². The van der Waals surface area contributed by atoms with E-state index < -0.39 is 0 Å². The highest BCUT2D eigenvalue weighted by Gasteiger charge is 2.34. The third-order valence-electron chi connectivity index (χ3n) is 3.25. The molecule has 1 atom stereocenters. The number of carbonyl (C=O) groups excluding carboxylic acids is 1. The first-order valence-electron chi connectivity index (χ1n) is 5.41. The van der Waals surface area contributed by atoms with Crippen molar-refractivity contribution in [1.29, 1.82) is 0 Å². The van der Waals surface area contributed by atoms with Crippen LogP contribution in [-0.2, 0) is 4.79 Å². The number of nitrogens with one attached hydrogen (secondary N) is 1. The molecule has 0 radical (unpaired) electrons. The van der Waals surface area contributed by atoms with Crippen LogP contribution in [0.15, 0.2) is 23.2 Å². The molecule has 1 amide bonds. The van der Waals surface area contributed by atoms with E-state index in [1.54, 1.807) is 0 Å². The van der Waals surface area contributed by atoms with Gasteiger partial charge in [0.1, 0.15) is 6.54 Å². The topological polar surface area (TPSA) is 44.7 Å². The summed E-state index contributed by atoms with van der Waals surface area (Å²) in [6.45, 7) is 4.61. The lowest BCUT2D eigenvalue weighted by molar-refractivity contribution is -0.118. The Hall–Kier alpha value is -1.84. The largest absolute Gasteiger partial charge is 0.326 e. The van der Waals surface area contributed by atoms with Gasteiger partial charge in [0.15, 0.2) is 0 Å². The Kier molecular flexibility index (Phi) is 1.80. The summed E-state index contributed by atoms with van der Waals surface area (Å²) in [7, 11) is 0. The van der Waals surface area contributed by atoms with Gasteiger partial charge in [-0.2, -0.15) is 0 Å². The second kappa shape index (κ2) is 3.07. The van der Waals surface area contributed by atoms with Gasteiger partial charge < -0.3 is 4.90 Å². The van der Waals surface area contributed by atoms with Crippen molar-refractivity contribution in [2.75, 3.05) is 6.54 Å². The van der Waals surface area contributed by atoms with E-state index in [2.05, 4.69) is 30.2 Å². The van der Waals surface area contributed by atoms with Gasteiger partial charge in [-0.05, 0) is 25.5 Å². The van der Waals surface area contributed by atoms with Crippen molar-refractivity contribution in [3.63, 3.8) is 0 Å². The standard InChI is InChI=1S/C12H13N3O/c1-7-4-3-5-9-11(7)8(2)15-6-10(16)14-12(15)13-9/h3-5,8H,6H2,1-2H3,(H,13,14,16). The average molecular weight is 215 g/mol. The molecule has 0 spiro atoms. The molecule has 4 heteroatoms. The van der Waals surface area contributed by atoms with Gasteiger partial charge in [0.2, 0.25) is 11.9 Å². The number of guanidine groups is 1. The third kappa shape index (κ3) is 1.16. The Morgan fingerprint density at radius 2 is 2.31 bits per heavy atom. The summed E-state index contributed by atoms with van der Waals surface area (Å²) in [6, 6.07) is 6.29. The van der Waals surface area contributed by atoms with Crippen molar-refractivity contribution in [2.45, 2.75) is 19.9 Å². The number of aryl methyl sites for hydroxylation is 1. The van der Waals surface area contributed by atoms with Crippen LogP contribution in [0.5, 0.6) is 0 Å². The zero-order valence-electron chi connectivity index (χ0n) is 9.32. The van der Waals surface area contributed by atoms with E-state index in [1.165, 1.54) is 11.1 Å². The highest BCUT2D eigenvalue weighted by Crippen LogP contribution is 2.37. The predicted molar refractivity (Wildman–Crippen MR) is 61.5 cm³/mol. The van der Waals surface area contributed by atoms with Crippen molar-refractivity contribution < 1.29 is 4.79 Å². The van der Waals surface area contributed by atoms with Crippen molar-refractivity contribution in [3.8, 4) is 0 Å². The maximum Gasteiger partial charge on any atom is 0.246 e. The monoisotopic (exact) mass is 215 g/mol. The summed E-state index contributed by atoms with van der Waals surface area (Å²) >= 11 is 0. The Morgan fingerprint density at radius 1 is 1.50 bits per heavy atom. The quantitative estimate of drug-likeness (QED) is 0.712. The number of fused-ring (bicyclic) bond motifs is 2. The first-order valence-corrected chi connectivity index (χ1v) is 5.41. The van der Waals surface area contributed by atoms with Gasteiger partial charge in [0.05, 0.1) is 11.7 Å². The van der Waals surface area contributed by atoms with Gasteiger partial charge in [-0.1, -0.05) is 12.1 Å². The Balaban J connectivity index is 2.17. The number of benzene rings is 1. The van der Waals surface area contributed by atoms with Gasteiger partial charge >= 0.3 is 0 Å². The fourth-order valence-corrected chi connectivity index (χ4v) is 2.45. The normalized spacial score (nSPS) is 22.4. The van der Waals surface area contributed by atoms with E-state index in [-0.39, 0.29) is 11.9 Å². The van der Waals surface area contributed by atoms with Crippen molar-refractivity contribution in [1.82, 2.24) is 10.2 Å². The number of carbonyl (C=O) groups is 1. The zero-order valence-corrected chi connectivity index (χ0v) is 9.32. The van der Waals surface area contributed by atoms with Crippen LogP contribution in [0, 0.1) is 6.92 Å². The highest BCUT2D eigenvalue weighted by atomic mass is 16.2. The molecular formula is C12H13N3O. The minimum absolute atomic E-state index is 0.0241. The van der Waals surface area contributed by atoms with Crippen molar-refractivity contribution in [2.24, 2.45) is 4.99 Å². The number of rotatable bonds is 0. The smallest absolute Gasteiger partial charge is 0.246 e. The van der Waals surface area contributed by atoms with Gasteiger partial charge in [0.25, 0.3) is 0 Å². The van der Waals surface area contributed by atoms with Gasteiger partial charge in [0, 0.05) is 5.56 Å². The molecule has 2 aliphatic heterocycles. The predicted octanol–water partition coefficient (Wildman–Crippen LogP) is 1.49. The lowest BCUT2D eigenvalue weighted by atomic mass is 9.98. The molecule has 1 aromatic carbocycles. The molecule has 16 heavy (non-hydrogen) atoms. The van der Waals surface area contributed by atoms with E-state index in [1.807, 2.05) is 17.0 Å². The minimum atomic E-state index is 0.0241. The van der Waals surface area contributed by atoms with Crippen LogP contribution in [0.4, 0.5) is 5.69 Å². The molecule has 1 N–H and O–H groups in total. The van der Waals surface area contributed by atoms with E-state index in [4.69, 9.17) is 0 Å². The molecule has 0 bridgehead atoms. The average Bonchev–Trinajstić information content (AvgIpc) is 2.59. The lowest BCUT2D eigenvalue weighted by Gasteiger charge is -2.31. The summed E-state index contributed by atoms with van der Waals surface area (Å²) in [6.07, 6.45) is 0. The zero-order chi connectivity index (χ0) is 11.3. The number of nitrogens with zero attached hydrogens (tertiary/aromatic N) is 2. The maximum absolute atomic E-state index is 11.4.